The average molecular weight is 308 g/mol. The van der Waals surface area contributed by atoms with Crippen LogP contribution in [0.4, 0.5) is 0 Å². The summed E-state index contributed by atoms with van der Waals surface area (Å²) in [6.07, 6.45) is 13.2. The number of hydrogen-bond donors (Lipinski definition) is 1. The molecular formula is C15H32O4S. The molecule has 0 rings (SSSR count). The van der Waals surface area contributed by atoms with Crippen molar-refractivity contribution in [2.24, 2.45) is 5.92 Å². The standard InChI is InChI=1S/C15H32O4S/c1-3-12-15(2)13-10-8-6-4-5-7-9-11-14-19-20(16,17)18/h15H,3-14H2,1-2H3,(H,16,17,18). The molecule has 1 unspecified atom stereocenters. The molecule has 0 aliphatic carbocycles. The Morgan fingerprint density at radius 3 is 1.90 bits per heavy atom. The van der Waals surface area contributed by atoms with Crippen LogP contribution in [-0.2, 0) is 14.6 Å². The first-order valence-electron chi connectivity index (χ1n) is 8.07. The Morgan fingerprint density at radius 1 is 0.900 bits per heavy atom. The predicted molar refractivity (Wildman–Crippen MR) is 83.1 cm³/mol. The Morgan fingerprint density at radius 2 is 1.40 bits per heavy atom. The lowest BCUT2D eigenvalue weighted by molar-refractivity contribution is 0.261. The molecule has 0 heterocycles. The van der Waals surface area contributed by atoms with Gasteiger partial charge in [0.2, 0.25) is 0 Å². The third kappa shape index (κ3) is 15.9. The second kappa shape index (κ2) is 12.6. The molecule has 0 amide bonds. The molecule has 0 radical (unpaired) electrons. The summed E-state index contributed by atoms with van der Waals surface area (Å²) in [7, 11) is -4.24. The number of unbranched alkanes of at least 4 members (excludes halogenated alkanes) is 7. The average Bonchev–Trinajstić information content (AvgIpc) is 2.35. The lowest BCUT2D eigenvalue weighted by atomic mass is 9.98. The van der Waals surface area contributed by atoms with Crippen molar-refractivity contribution in [2.75, 3.05) is 6.61 Å². The maximum atomic E-state index is 10.3. The quantitative estimate of drug-likeness (QED) is 0.371. The first-order valence-corrected chi connectivity index (χ1v) is 9.44. The molecule has 0 saturated heterocycles. The SMILES string of the molecule is CCCC(C)CCCCCCCCCCOS(=O)(=O)O. The summed E-state index contributed by atoms with van der Waals surface area (Å²) in [6.45, 7) is 4.68. The van der Waals surface area contributed by atoms with Crippen LogP contribution in [0.15, 0.2) is 0 Å². The molecule has 5 heteroatoms. The van der Waals surface area contributed by atoms with Crippen molar-refractivity contribution in [1.82, 2.24) is 0 Å². The van der Waals surface area contributed by atoms with Crippen molar-refractivity contribution in [3.05, 3.63) is 0 Å². The van der Waals surface area contributed by atoms with E-state index >= 15 is 0 Å². The molecule has 0 aliphatic heterocycles. The lowest BCUT2D eigenvalue weighted by Gasteiger charge is -2.09. The van der Waals surface area contributed by atoms with E-state index in [1.807, 2.05) is 0 Å². The van der Waals surface area contributed by atoms with Gasteiger partial charge in [0.25, 0.3) is 0 Å². The molecule has 0 aromatic rings. The summed E-state index contributed by atoms with van der Waals surface area (Å²) >= 11 is 0. The maximum absolute atomic E-state index is 10.3. The smallest absolute Gasteiger partial charge is 0.264 e. The van der Waals surface area contributed by atoms with Gasteiger partial charge in [-0.3, -0.25) is 4.55 Å². The van der Waals surface area contributed by atoms with E-state index in [0.717, 1.165) is 18.8 Å². The Hall–Kier alpha value is -0.130. The summed E-state index contributed by atoms with van der Waals surface area (Å²) < 4.78 is 33.2. The highest BCUT2D eigenvalue weighted by atomic mass is 32.3. The van der Waals surface area contributed by atoms with Gasteiger partial charge < -0.3 is 0 Å². The van der Waals surface area contributed by atoms with E-state index in [-0.39, 0.29) is 6.61 Å². The van der Waals surface area contributed by atoms with E-state index in [2.05, 4.69) is 18.0 Å². The van der Waals surface area contributed by atoms with Gasteiger partial charge in [0.1, 0.15) is 0 Å². The van der Waals surface area contributed by atoms with Crippen LogP contribution in [0.2, 0.25) is 0 Å². The van der Waals surface area contributed by atoms with Crippen LogP contribution in [0.3, 0.4) is 0 Å². The highest BCUT2D eigenvalue weighted by molar-refractivity contribution is 7.80. The van der Waals surface area contributed by atoms with E-state index in [1.54, 1.807) is 0 Å². The van der Waals surface area contributed by atoms with Crippen LogP contribution in [0.5, 0.6) is 0 Å². The number of hydrogen-bond acceptors (Lipinski definition) is 3. The van der Waals surface area contributed by atoms with E-state index < -0.39 is 10.4 Å². The molecule has 0 aliphatic rings. The molecule has 0 fully saturated rings. The second-order valence-corrected chi connectivity index (χ2v) is 6.85. The van der Waals surface area contributed by atoms with Crippen LogP contribution in [0.1, 0.15) is 84.5 Å². The summed E-state index contributed by atoms with van der Waals surface area (Å²) in [4.78, 5) is 0. The third-order valence-corrected chi connectivity index (χ3v) is 4.07. The van der Waals surface area contributed by atoms with Crippen LogP contribution in [0, 0.1) is 5.92 Å². The van der Waals surface area contributed by atoms with Gasteiger partial charge in [0, 0.05) is 0 Å². The Kier molecular flexibility index (Phi) is 12.5. The predicted octanol–water partition coefficient (Wildman–Crippen LogP) is 4.75. The summed E-state index contributed by atoms with van der Waals surface area (Å²) in [5, 5.41) is 0. The minimum atomic E-state index is -4.24. The van der Waals surface area contributed by atoms with E-state index in [9.17, 15) is 8.42 Å². The van der Waals surface area contributed by atoms with Crippen LogP contribution in [-0.4, -0.2) is 19.6 Å². The fourth-order valence-electron chi connectivity index (χ4n) is 2.46. The summed E-state index contributed by atoms with van der Waals surface area (Å²) in [5.41, 5.74) is 0. The first kappa shape index (κ1) is 19.9. The highest BCUT2D eigenvalue weighted by Crippen LogP contribution is 2.16. The zero-order valence-corrected chi connectivity index (χ0v) is 14.0. The van der Waals surface area contributed by atoms with Gasteiger partial charge >= 0.3 is 10.4 Å². The van der Waals surface area contributed by atoms with Crippen molar-refractivity contribution in [3.8, 4) is 0 Å². The zero-order valence-electron chi connectivity index (χ0n) is 13.1. The fourth-order valence-corrected chi connectivity index (χ4v) is 2.79. The number of rotatable bonds is 14. The molecule has 1 N–H and O–H groups in total. The molecule has 0 aromatic carbocycles. The molecule has 4 nitrogen and oxygen atoms in total. The van der Waals surface area contributed by atoms with E-state index in [0.29, 0.717) is 6.42 Å². The van der Waals surface area contributed by atoms with E-state index in [1.165, 1.54) is 51.4 Å². The molecule has 0 spiro atoms. The monoisotopic (exact) mass is 308 g/mol. The van der Waals surface area contributed by atoms with Crippen LogP contribution < -0.4 is 0 Å². The van der Waals surface area contributed by atoms with Gasteiger partial charge in [0.15, 0.2) is 0 Å². The van der Waals surface area contributed by atoms with Crippen LogP contribution >= 0.6 is 0 Å². The Balaban J connectivity index is 3.14. The molecule has 0 bridgehead atoms. The minimum Gasteiger partial charge on any atom is -0.264 e. The molecule has 0 aromatic heterocycles. The van der Waals surface area contributed by atoms with Gasteiger partial charge in [-0.2, -0.15) is 8.42 Å². The largest absolute Gasteiger partial charge is 0.397 e. The van der Waals surface area contributed by atoms with Crippen molar-refractivity contribution in [3.63, 3.8) is 0 Å². The molecular weight excluding hydrogens is 276 g/mol. The first-order chi connectivity index (χ1) is 9.45. The minimum absolute atomic E-state index is 0.0914. The molecule has 1 atom stereocenters. The second-order valence-electron chi connectivity index (χ2n) is 5.76. The molecule has 20 heavy (non-hydrogen) atoms. The zero-order chi connectivity index (χ0) is 15.3. The van der Waals surface area contributed by atoms with Gasteiger partial charge in [-0.15, -0.1) is 0 Å². The van der Waals surface area contributed by atoms with Gasteiger partial charge in [-0.25, -0.2) is 4.18 Å². The normalized spacial score (nSPS) is 13.6. The third-order valence-electron chi connectivity index (χ3n) is 3.60. The van der Waals surface area contributed by atoms with Crippen LogP contribution in [0.25, 0.3) is 0 Å². The molecule has 122 valence electrons. The Labute approximate surface area is 125 Å². The summed E-state index contributed by atoms with van der Waals surface area (Å²) in [6, 6.07) is 0. The van der Waals surface area contributed by atoms with Crippen molar-refractivity contribution >= 4 is 10.4 Å². The van der Waals surface area contributed by atoms with Crippen molar-refractivity contribution < 1.29 is 17.2 Å². The summed E-state index contributed by atoms with van der Waals surface area (Å²) in [5.74, 6) is 0.878. The van der Waals surface area contributed by atoms with Crippen molar-refractivity contribution in [2.45, 2.75) is 84.5 Å². The topological polar surface area (TPSA) is 63.6 Å². The lowest BCUT2D eigenvalue weighted by Crippen LogP contribution is -2.04. The molecule has 0 saturated carbocycles. The van der Waals surface area contributed by atoms with Crippen molar-refractivity contribution in [1.29, 1.82) is 0 Å². The van der Waals surface area contributed by atoms with Gasteiger partial charge in [-0.1, -0.05) is 78.1 Å². The van der Waals surface area contributed by atoms with Gasteiger partial charge in [-0.05, 0) is 12.3 Å². The fraction of sp³-hybridized carbons (Fsp3) is 1.00. The van der Waals surface area contributed by atoms with Gasteiger partial charge in [0.05, 0.1) is 6.61 Å². The van der Waals surface area contributed by atoms with E-state index in [4.69, 9.17) is 4.55 Å². The Bertz CT molecular complexity index is 301. The highest BCUT2D eigenvalue weighted by Gasteiger charge is 2.03. The maximum Gasteiger partial charge on any atom is 0.397 e.